The van der Waals surface area contributed by atoms with Crippen LogP contribution < -0.4 is 20.9 Å². The summed E-state index contributed by atoms with van der Waals surface area (Å²) >= 11 is 0. The number of pyridine rings is 1. The van der Waals surface area contributed by atoms with E-state index >= 15 is 0 Å². The molecule has 10 heteroatoms. The van der Waals surface area contributed by atoms with Crippen molar-refractivity contribution in [3.63, 3.8) is 0 Å². The second kappa shape index (κ2) is 9.85. The zero-order chi connectivity index (χ0) is 23.4. The van der Waals surface area contributed by atoms with Crippen LogP contribution in [0.1, 0.15) is 25.7 Å². The van der Waals surface area contributed by atoms with E-state index in [1.165, 1.54) is 6.07 Å². The highest BCUT2D eigenvalue weighted by Crippen LogP contribution is 2.31. The molecule has 1 aromatic carbocycles. The van der Waals surface area contributed by atoms with Crippen molar-refractivity contribution in [2.24, 2.45) is 17.6 Å². The Balaban J connectivity index is 1.31. The van der Waals surface area contributed by atoms with E-state index in [0.29, 0.717) is 43.9 Å². The fraction of sp³-hybridized carbons (Fsp3) is 0.435. The number of nitrogens with one attached hydrogen (secondary N) is 1. The molecule has 174 valence electrons. The van der Waals surface area contributed by atoms with Crippen LogP contribution in [0.25, 0.3) is 0 Å². The molecule has 33 heavy (non-hydrogen) atoms. The minimum atomic E-state index is -0.372. The molecule has 3 N–H and O–H groups in total. The summed E-state index contributed by atoms with van der Waals surface area (Å²) in [6.45, 7) is 2.54. The Morgan fingerprint density at radius 2 is 1.79 bits per heavy atom. The number of nitro groups is 1. The molecule has 2 fully saturated rings. The van der Waals surface area contributed by atoms with Crippen molar-refractivity contribution in [2.45, 2.75) is 25.7 Å². The molecule has 2 aliphatic rings. The number of benzene rings is 1. The lowest BCUT2D eigenvalue weighted by molar-refractivity contribution is -0.384. The fourth-order valence-corrected chi connectivity index (χ4v) is 4.58. The van der Waals surface area contributed by atoms with Crippen molar-refractivity contribution in [3.05, 3.63) is 52.7 Å². The molecule has 2 aliphatic heterocycles. The first-order chi connectivity index (χ1) is 15.9. The van der Waals surface area contributed by atoms with Crippen LogP contribution in [-0.4, -0.2) is 47.9 Å². The molecular formula is C23H28N6O4. The van der Waals surface area contributed by atoms with Crippen molar-refractivity contribution < 1.29 is 14.5 Å². The van der Waals surface area contributed by atoms with Crippen LogP contribution in [-0.2, 0) is 9.59 Å². The van der Waals surface area contributed by atoms with Gasteiger partial charge in [-0.25, -0.2) is 4.98 Å². The average Bonchev–Trinajstić information content (AvgIpc) is 2.84. The van der Waals surface area contributed by atoms with Gasteiger partial charge in [0.15, 0.2) is 0 Å². The number of carbonyl (C=O) groups is 2. The van der Waals surface area contributed by atoms with Gasteiger partial charge in [0.2, 0.25) is 11.8 Å². The van der Waals surface area contributed by atoms with Gasteiger partial charge in [0.1, 0.15) is 11.5 Å². The highest BCUT2D eigenvalue weighted by atomic mass is 16.6. The molecule has 2 aromatic rings. The Kier molecular flexibility index (Phi) is 6.71. The zero-order valence-electron chi connectivity index (χ0n) is 18.4. The summed E-state index contributed by atoms with van der Waals surface area (Å²) in [5, 5.41) is 14.2. The monoisotopic (exact) mass is 452 g/mol. The predicted molar refractivity (Wildman–Crippen MR) is 125 cm³/mol. The van der Waals surface area contributed by atoms with Crippen molar-refractivity contribution >= 4 is 34.7 Å². The number of rotatable bonds is 6. The highest BCUT2D eigenvalue weighted by Gasteiger charge is 2.28. The van der Waals surface area contributed by atoms with Gasteiger partial charge in [0.05, 0.1) is 22.7 Å². The second-order valence-corrected chi connectivity index (χ2v) is 8.59. The number of para-hydroxylation sites is 2. The molecular weight excluding hydrogens is 424 g/mol. The third-order valence-electron chi connectivity index (χ3n) is 6.45. The molecule has 0 saturated carbocycles. The summed E-state index contributed by atoms with van der Waals surface area (Å²) < 4.78 is 0. The third-order valence-corrected chi connectivity index (χ3v) is 6.45. The highest BCUT2D eigenvalue weighted by molar-refractivity contribution is 5.92. The van der Waals surface area contributed by atoms with Gasteiger partial charge in [-0.3, -0.25) is 19.7 Å². The lowest BCUT2D eigenvalue weighted by atomic mass is 9.95. The van der Waals surface area contributed by atoms with Gasteiger partial charge in [0, 0.05) is 38.2 Å². The number of primary amides is 1. The molecule has 0 bridgehead atoms. The van der Waals surface area contributed by atoms with Crippen molar-refractivity contribution in [3.8, 4) is 0 Å². The number of aromatic nitrogens is 1. The van der Waals surface area contributed by atoms with Crippen LogP contribution in [0.2, 0.25) is 0 Å². The maximum Gasteiger partial charge on any atom is 0.292 e. The van der Waals surface area contributed by atoms with E-state index in [9.17, 15) is 19.7 Å². The van der Waals surface area contributed by atoms with E-state index < -0.39 is 0 Å². The predicted octanol–water partition coefficient (Wildman–Crippen LogP) is 2.55. The molecule has 0 spiro atoms. The standard InChI is InChI=1S/C23H28N6O4/c24-22(30)17-4-3-11-28(15-17)21-8-7-18(14-25-21)26-23(31)16-9-12-27(13-10-16)19-5-1-2-6-20(19)29(32)33/h1-2,5-8,14,16-17H,3-4,9-13,15H2,(H2,24,30)(H,26,31). The molecule has 0 aliphatic carbocycles. The number of anilines is 3. The molecule has 1 aromatic heterocycles. The van der Waals surface area contributed by atoms with Gasteiger partial charge in [-0.2, -0.15) is 0 Å². The topological polar surface area (TPSA) is 135 Å². The Morgan fingerprint density at radius 1 is 1.03 bits per heavy atom. The summed E-state index contributed by atoms with van der Waals surface area (Å²) in [5.74, 6) is 0.0805. The molecule has 2 saturated heterocycles. The number of amides is 2. The first-order valence-electron chi connectivity index (χ1n) is 11.2. The quantitative estimate of drug-likeness (QED) is 0.508. The number of nitrogens with two attached hydrogens (primary N) is 1. The van der Waals surface area contributed by atoms with Gasteiger partial charge < -0.3 is 20.9 Å². The first-order valence-corrected chi connectivity index (χ1v) is 11.2. The first kappa shape index (κ1) is 22.5. The molecule has 4 rings (SSSR count). The van der Waals surface area contributed by atoms with Crippen LogP contribution in [0.4, 0.5) is 22.9 Å². The van der Waals surface area contributed by atoms with Gasteiger partial charge in [-0.05, 0) is 43.9 Å². The number of nitrogens with zero attached hydrogens (tertiary/aromatic N) is 4. The largest absolute Gasteiger partial charge is 0.369 e. The van der Waals surface area contributed by atoms with Crippen LogP contribution in [0.3, 0.4) is 0 Å². The molecule has 1 atom stereocenters. The Labute approximate surface area is 191 Å². The normalized spacial score (nSPS) is 19.2. The number of carbonyl (C=O) groups excluding carboxylic acids is 2. The SMILES string of the molecule is NC(=O)C1CCCN(c2ccc(NC(=O)C3CCN(c4ccccc4[N+](=O)[O-])CC3)cn2)C1. The van der Waals surface area contributed by atoms with E-state index in [1.54, 1.807) is 24.4 Å². The van der Waals surface area contributed by atoms with Crippen molar-refractivity contribution in [1.29, 1.82) is 0 Å². The lowest BCUT2D eigenvalue weighted by Crippen LogP contribution is -2.41. The molecule has 3 heterocycles. The van der Waals surface area contributed by atoms with E-state index in [1.807, 2.05) is 21.9 Å². The minimum Gasteiger partial charge on any atom is -0.369 e. The van der Waals surface area contributed by atoms with E-state index in [0.717, 1.165) is 25.2 Å². The van der Waals surface area contributed by atoms with Gasteiger partial charge in [-0.1, -0.05) is 12.1 Å². The van der Waals surface area contributed by atoms with E-state index in [2.05, 4.69) is 10.3 Å². The minimum absolute atomic E-state index is 0.0708. The Morgan fingerprint density at radius 3 is 2.45 bits per heavy atom. The van der Waals surface area contributed by atoms with Crippen LogP contribution in [0, 0.1) is 22.0 Å². The number of piperidine rings is 2. The molecule has 1 unspecified atom stereocenters. The van der Waals surface area contributed by atoms with Gasteiger partial charge in [-0.15, -0.1) is 0 Å². The van der Waals surface area contributed by atoms with Crippen LogP contribution >= 0.6 is 0 Å². The van der Waals surface area contributed by atoms with Crippen molar-refractivity contribution in [1.82, 2.24) is 4.98 Å². The van der Waals surface area contributed by atoms with Crippen molar-refractivity contribution in [2.75, 3.05) is 41.3 Å². The molecule has 10 nitrogen and oxygen atoms in total. The summed E-state index contributed by atoms with van der Waals surface area (Å²) in [7, 11) is 0. The number of hydrogen-bond acceptors (Lipinski definition) is 7. The smallest absolute Gasteiger partial charge is 0.292 e. The number of nitro benzene ring substituents is 1. The summed E-state index contributed by atoms with van der Waals surface area (Å²) in [5.41, 5.74) is 6.75. The maximum absolute atomic E-state index is 12.8. The Hall–Kier alpha value is -3.69. The van der Waals surface area contributed by atoms with E-state index in [4.69, 9.17) is 5.73 Å². The van der Waals surface area contributed by atoms with Gasteiger partial charge in [0.25, 0.3) is 5.69 Å². The zero-order valence-corrected chi connectivity index (χ0v) is 18.4. The summed E-state index contributed by atoms with van der Waals surface area (Å²) in [6.07, 6.45) is 4.55. The van der Waals surface area contributed by atoms with E-state index in [-0.39, 0.29) is 34.3 Å². The maximum atomic E-state index is 12.8. The third kappa shape index (κ3) is 5.21. The Bertz CT molecular complexity index is 1020. The van der Waals surface area contributed by atoms with Crippen LogP contribution in [0.15, 0.2) is 42.6 Å². The van der Waals surface area contributed by atoms with Crippen LogP contribution in [0.5, 0.6) is 0 Å². The number of hydrogen-bond donors (Lipinski definition) is 2. The van der Waals surface area contributed by atoms with Gasteiger partial charge >= 0.3 is 0 Å². The average molecular weight is 453 g/mol. The summed E-state index contributed by atoms with van der Waals surface area (Å²) in [4.78, 5) is 43.7. The molecule has 2 amide bonds. The summed E-state index contributed by atoms with van der Waals surface area (Å²) in [6, 6.07) is 10.4. The second-order valence-electron chi connectivity index (χ2n) is 8.59. The molecule has 0 radical (unpaired) electrons. The lowest BCUT2D eigenvalue weighted by Gasteiger charge is -2.33. The fourth-order valence-electron chi connectivity index (χ4n) is 4.58.